The molecule has 24 heavy (non-hydrogen) atoms. The van der Waals surface area contributed by atoms with E-state index in [9.17, 15) is 36.3 Å². The van der Waals surface area contributed by atoms with E-state index in [1.807, 2.05) is 0 Å². The molecule has 13 heteroatoms. The lowest BCUT2D eigenvalue weighted by Gasteiger charge is -2.26. The smallest absolute Gasteiger partial charge is 0.340 e. The van der Waals surface area contributed by atoms with Gasteiger partial charge in [-0.25, -0.2) is 4.18 Å². The predicted octanol–water partition coefficient (Wildman–Crippen LogP) is 2.99. The molecule has 0 bridgehead atoms. The fraction of sp³-hybridized carbons (Fsp3) is 0.455. The molecule has 134 valence electrons. The molecule has 1 aromatic rings. The van der Waals surface area contributed by atoms with E-state index in [-0.39, 0.29) is 17.9 Å². The van der Waals surface area contributed by atoms with Crippen LogP contribution < -0.4 is 0 Å². The van der Waals surface area contributed by atoms with Gasteiger partial charge in [-0.3, -0.25) is 14.7 Å². The van der Waals surface area contributed by atoms with E-state index in [4.69, 9.17) is 4.74 Å². The monoisotopic (exact) mass is 389 g/mol. The lowest BCUT2D eigenvalue weighted by atomic mass is 10.1. The minimum Gasteiger partial charge on any atom is -0.340 e. The number of rotatable bonds is 8. The minimum absolute atomic E-state index is 0.120. The van der Waals surface area contributed by atoms with Crippen LogP contribution in [-0.2, 0) is 30.0 Å². The molecule has 0 N–H and O–H groups in total. The van der Waals surface area contributed by atoms with Gasteiger partial charge in [0, 0.05) is 25.2 Å². The van der Waals surface area contributed by atoms with Gasteiger partial charge in [-0.2, -0.15) is 21.6 Å². The van der Waals surface area contributed by atoms with Gasteiger partial charge in [-0.1, -0.05) is 12.1 Å². The van der Waals surface area contributed by atoms with E-state index in [1.165, 1.54) is 6.92 Å². The summed E-state index contributed by atoms with van der Waals surface area (Å²) < 4.78 is 79.9. The molecule has 1 unspecified atom stereocenters. The Morgan fingerprint density at radius 3 is 2.17 bits per heavy atom. The molecule has 0 radical (unpaired) electrons. The van der Waals surface area contributed by atoms with E-state index >= 15 is 0 Å². The quantitative estimate of drug-likeness (QED) is 0.168. The summed E-state index contributed by atoms with van der Waals surface area (Å²) >= 11 is 0. The number of nitro benzene ring substituents is 1. The lowest BCUT2D eigenvalue weighted by Crippen LogP contribution is -2.39. The fourth-order valence-electron chi connectivity index (χ4n) is 1.62. The fourth-order valence-corrected chi connectivity index (χ4v) is 3.01. The lowest BCUT2D eigenvalue weighted by molar-refractivity contribution is -0.384. The van der Waals surface area contributed by atoms with Crippen LogP contribution >= 0.6 is 8.46 Å². The Morgan fingerprint density at radius 1 is 1.25 bits per heavy atom. The van der Waals surface area contributed by atoms with Crippen LogP contribution in [0.1, 0.15) is 12.5 Å². The molecule has 1 atom stereocenters. The Bertz CT molecular complexity index is 707. The zero-order valence-electron chi connectivity index (χ0n) is 12.0. The number of nitro groups is 1. The summed E-state index contributed by atoms with van der Waals surface area (Å²) in [5, 5.41) is 10.6. The summed E-state index contributed by atoms with van der Waals surface area (Å²) in [5.41, 5.74) is -8.53. The number of nitrogens with zero attached hydrogens (tertiary/aromatic N) is 1. The number of non-ortho nitro benzene ring substituents is 1. The van der Waals surface area contributed by atoms with Crippen LogP contribution in [0.15, 0.2) is 24.3 Å². The second kappa shape index (κ2) is 7.51. The molecular formula is C11H11F3NO7PS. The normalized spacial score (nSPS) is 15.2. The van der Waals surface area contributed by atoms with Gasteiger partial charge in [0.15, 0.2) is 0 Å². The first-order valence-electron chi connectivity index (χ1n) is 6.20. The van der Waals surface area contributed by atoms with Crippen molar-refractivity contribution in [2.45, 2.75) is 24.4 Å². The summed E-state index contributed by atoms with van der Waals surface area (Å²) in [6.07, 6.45) is -0.654. The van der Waals surface area contributed by atoms with Gasteiger partial charge in [0.2, 0.25) is 8.46 Å². The maximum Gasteiger partial charge on any atom is 0.523 e. The molecule has 0 spiro atoms. The van der Waals surface area contributed by atoms with Gasteiger partial charge >= 0.3 is 15.6 Å². The molecule has 0 saturated heterocycles. The number of ether oxygens (including phenoxy) is 1. The van der Waals surface area contributed by atoms with Crippen molar-refractivity contribution in [3.05, 3.63) is 39.9 Å². The van der Waals surface area contributed by atoms with Gasteiger partial charge in [-0.15, -0.1) is 0 Å². The van der Waals surface area contributed by atoms with Crippen LogP contribution in [-0.4, -0.2) is 31.0 Å². The highest BCUT2D eigenvalue weighted by Gasteiger charge is 2.53. The molecule has 0 aliphatic heterocycles. The summed E-state index contributed by atoms with van der Waals surface area (Å²) in [6, 6.07) is 4.40. The number of halogens is 3. The van der Waals surface area contributed by atoms with E-state index in [0.717, 1.165) is 24.3 Å². The molecule has 0 aliphatic carbocycles. The molecule has 0 fully saturated rings. The minimum atomic E-state index is -6.07. The third kappa shape index (κ3) is 4.94. The Kier molecular flexibility index (Phi) is 6.39. The Morgan fingerprint density at radius 2 is 1.79 bits per heavy atom. The summed E-state index contributed by atoms with van der Waals surface area (Å²) in [4.78, 5) is 9.86. The Labute approximate surface area is 136 Å². The van der Waals surface area contributed by atoms with Gasteiger partial charge < -0.3 is 4.74 Å². The van der Waals surface area contributed by atoms with Crippen molar-refractivity contribution in [3.63, 3.8) is 0 Å². The molecule has 1 aromatic carbocycles. The van der Waals surface area contributed by atoms with Crippen molar-refractivity contribution in [2.75, 3.05) is 6.61 Å². The van der Waals surface area contributed by atoms with Crippen LogP contribution in [0, 0.1) is 10.1 Å². The van der Waals surface area contributed by atoms with Crippen LogP contribution in [0.25, 0.3) is 0 Å². The molecule has 0 amide bonds. The average molecular weight is 389 g/mol. The summed E-state index contributed by atoms with van der Waals surface area (Å²) in [6.45, 7) is 1.04. The van der Waals surface area contributed by atoms with E-state index in [0.29, 0.717) is 0 Å². The third-order valence-electron chi connectivity index (χ3n) is 2.61. The molecular weight excluding hydrogens is 378 g/mol. The number of benzene rings is 1. The molecule has 1 rings (SSSR count). The first kappa shape index (κ1) is 20.4. The third-order valence-corrected chi connectivity index (χ3v) is 4.44. The highest BCUT2D eigenvalue weighted by Crippen LogP contribution is 2.37. The first-order chi connectivity index (χ1) is 11.0. The van der Waals surface area contributed by atoms with E-state index < -0.39 is 41.0 Å². The molecule has 0 saturated carbocycles. The maximum absolute atomic E-state index is 12.5. The highest BCUT2D eigenvalue weighted by atomic mass is 32.2. The van der Waals surface area contributed by atoms with Gasteiger partial charge in [0.05, 0.1) is 4.92 Å². The zero-order valence-corrected chi connectivity index (χ0v) is 13.7. The topological polar surface area (TPSA) is 113 Å². The molecule has 0 aromatic heterocycles. The average Bonchev–Trinajstić information content (AvgIpc) is 2.46. The van der Waals surface area contributed by atoms with Crippen LogP contribution in [0.5, 0.6) is 0 Å². The summed E-state index contributed by atoms with van der Waals surface area (Å²) in [7, 11) is -7.24. The molecule has 0 heterocycles. The standard InChI is InChI=1S/C11H11F3NO7PS/c1-2-21-10(23-18,22-24(19,20)11(12,13)14)7-8-3-5-9(6-4-8)15(16)17/h3-6H,2,7H2,1H3. The maximum atomic E-state index is 12.5. The first-order valence-corrected chi connectivity index (χ1v) is 8.42. The van der Waals surface area contributed by atoms with Crippen molar-refractivity contribution in [2.24, 2.45) is 0 Å². The Hall–Kier alpha value is -1.62. The second-order valence-corrected chi connectivity index (χ2v) is 6.72. The second-order valence-electron chi connectivity index (χ2n) is 4.32. The van der Waals surface area contributed by atoms with Crippen molar-refractivity contribution in [3.8, 4) is 0 Å². The van der Waals surface area contributed by atoms with Gasteiger partial charge in [0.1, 0.15) is 0 Å². The predicted molar refractivity (Wildman–Crippen MR) is 74.8 cm³/mol. The summed E-state index contributed by atoms with van der Waals surface area (Å²) in [5.74, 6) is 0. The number of alkyl halides is 3. The van der Waals surface area contributed by atoms with Crippen LogP contribution in [0.2, 0.25) is 0 Å². The highest BCUT2D eigenvalue weighted by molar-refractivity contribution is 7.87. The van der Waals surface area contributed by atoms with Crippen LogP contribution in [0.3, 0.4) is 0 Å². The zero-order chi connectivity index (χ0) is 18.6. The van der Waals surface area contributed by atoms with Crippen LogP contribution in [0.4, 0.5) is 18.9 Å². The number of hydrogen-bond donors (Lipinski definition) is 0. The molecule has 8 nitrogen and oxygen atoms in total. The Balaban J connectivity index is 3.16. The van der Waals surface area contributed by atoms with Crippen molar-refractivity contribution < 1.29 is 40.0 Å². The van der Waals surface area contributed by atoms with E-state index in [1.54, 1.807) is 0 Å². The number of hydrogen-bond acceptors (Lipinski definition) is 7. The molecule has 0 aliphatic rings. The van der Waals surface area contributed by atoms with Gasteiger partial charge in [0.25, 0.3) is 11.2 Å². The largest absolute Gasteiger partial charge is 0.523 e. The van der Waals surface area contributed by atoms with Crippen molar-refractivity contribution in [1.29, 1.82) is 0 Å². The van der Waals surface area contributed by atoms with Gasteiger partial charge in [-0.05, 0) is 12.5 Å². The van der Waals surface area contributed by atoms with Crippen molar-refractivity contribution >= 4 is 24.3 Å². The van der Waals surface area contributed by atoms with Crippen molar-refractivity contribution in [1.82, 2.24) is 0 Å². The van der Waals surface area contributed by atoms with E-state index in [2.05, 4.69) is 4.18 Å². The SMILES string of the molecule is CCOC(Cc1ccc([N+](=O)[O-])cc1)(OS(=O)(=O)C(F)(F)F)P=O.